The zero-order valence-electron chi connectivity index (χ0n) is 14.3. The molecule has 3 aromatic rings. The van der Waals surface area contributed by atoms with Crippen LogP contribution in [0.25, 0.3) is 11.4 Å². The molecule has 1 atom stereocenters. The van der Waals surface area contributed by atoms with E-state index in [4.69, 9.17) is 16.1 Å². The Morgan fingerprint density at radius 2 is 1.89 bits per heavy atom. The summed E-state index contributed by atoms with van der Waals surface area (Å²) in [6.45, 7) is 0.355. The van der Waals surface area contributed by atoms with Crippen molar-refractivity contribution in [1.29, 1.82) is 0 Å². The minimum Gasteiger partial charge on any atom is -0.339 e. The fraction of sp³-hybridized carbons (Fsp3) is 0.211. The first-order valence-corrected chi connectivity index (χ1v) is 8.76. The van der Waals surface area contributed by atoms with Gasteiger partial charge in [-0.2, -0.15) is 18.2 Å². The Balaban J connectivity index is 1.53. The first kappa shape index (κ1) is 18.5. The number of halogens is 4. The maximum atomic E-state index is 12.7. The summed E-state index contributed by atoms with van der Waals surface area (Å²) in [5.74, 6) is 0.0499. The number of amides is 1. The Bertz CT molecular complexity index is 1020. The van der Waals surface area contributed by atoms with Crippen LogP contribution in [-0.2, 0) is 11.0 Å². The van der Waals surface area contributed by atoms with E-state index in [1.807, 2.05) is 0 Å². The van der Waals surface area contributed by atoms with Crippen LogP contribution in [0.15, 0.2) is 53.1 Å². The maximum Gasteiger partial charge on any atom is 0.416 e. The standard InChI is InChI=1S/C19H13ClF3N3O2/c20-14-2-1-3-15(9-14)26-10-12(8-16(26)27)18-24-17(25-28-18)11-4-6-13(7-5-11)19(21,22)23/h1-7,9,12H,8,10H2. The Morgan fingerprint density at radius 1 is 1.14 bits per heavy atom. The molecule has 1 aromatic heterocycles. The van der Waals surface area contributed by atoms with Gasteiger partial charge in [0.2, 0.25) is 17.6 Å². The predicted molar refractivity (Wildman–Crippen MR) is 95.9 cm³/mol. The fourth-order valence-corrected chi connectivity index (χ4v) is 3.28. The number of rotatable bonds is 3. The van der Waals surface area contributed by atoms with E-state index in [0.29, 0.717) is 22.8 Å². The van der Waals surface area contributed by atoms with Crippen molar-refractivity contribution in [1.82, 2.24) is 10.1 Å². The van der Waals surface area contributed by atoms with Gasteiger partial charge in [-0.05, 0) is 30.3 Å². The van der Waals surface area contributed by atoms with Crippen LogP contribution in [0.2, 0.25) is 5.02 Å². The summed E-state index contributed by atoms with van der Waals surface area (Å²) >= 11 is 5.99. The van der Waals surface area contributed by atoms with Gasteiger partial charge in [-0.3, -0.25) is 4.79 Å². The number of nitrogens with zero attached hydrogens (tertiary/aromatic N) is 3. The van der Waals surface area contributed by atoms with Gasteiger partial charge in [-0.25, -0.2) is 0 Å². The van der Waals surface area contributed by atoms with Gasteiger partial charge in [0, 0.05) is 29.2 Å². The zero-order chi connectivity index (χ0) is 19.9. The van der Waals surface area contributed by atoms with Gasteiger partial charge in [-0.15, -0.1) is 0 Å². The van der Waals surface area contributed by atoms with Crippen molar-refractivity contribution in [2.75, 3.05) is 11.4 Å². The predicted octanol–water partition coefficient (Wildman–Crippen LogP) is 4.93. The second-order valence-corrected chi connectivity index (χ2v) is 6.85. The summed E-state index contributed by atoms with van der Waals surface area (Å²) in [4.78, 5) is 18.2. The molecule has 1 unspecified atom stereocenters. The van der Waals surface area contributed by atoms with Crippen molar-refractivity contribution < 1.29 is 22.5 Å². The van der Waals surface area contributed by atoms with E-state index in [1.54, 1.807) is 29.2 Å². The molecule has 1 amide bonds. The lowest BCUT2D eigenvalue weighted by Crippen LogP contribution is -2.24. The molecular formula is C19H13ClF3N3O2. The smallest absolute Gasteiger partial charge is 0.339 e. The first-order chi connectivity index (χ1) is 13.3. The summed E-state index contributed by atoms with van der Waals surface area (Å²) in [5.41, 5.74) is 0.333. The van der Waals surface area contributed by atoms with Crippen LogP contribution in [0.3, 0.4) is 0 Å². The second kappa shape index (κ2) is 6.94. The monoisotopic (exact) mass is 407 g/mol. The van der Waals surface area contributed by atoms with E-state index in [1.165, 1.54) is 12.1 Å². The first-order valence-electron chi connectivity index (χ1n) is 8.38. The van der Waals surface area contributed by atoms with Gasteiger partial charge in [0.25, 0.3) is 0 Å². The molecule has 4 rings (SSSR count). The van der Waals surface area contributed by atoms with E-state index in [-0.39, 0.29) is 30.0 Å². The van der Waals surface area contributed by atoms with E-state index in [0.717, 1.165) is 12.1 Å². The molecule has 5 nitrogen and oxygen atoms in total. The number of carbonyl (C=O) groups is 1. The molecule has 0 N–H and O–H groups in total. The fourth-order valence-electron chi connectivity index (χ4n) is 3.09. The van der Waals surface area contributed by atoms with Crippen LogP contribution in [0.5, 0.6) is 0 Å². The van der Waals surface area contributed by atoms with Crippen LogP contribution in [0.1, 0.15) is 23.8 Å². The normalized spacial score (nSPS) is 17.4. The van der Waals surface area contributed by atoms with Crippen LogP contribution in [0, 0.1) is 0 Å². The topological polar surface area (TPSA) is 59.2 Å². The highest BCUT2D eigenvalue weighted by atomic mass is 35.5. The number of anilines is 1. The number of hydrogen-bond acceptors (Lipinski definition) is 4. The van der Waals surface area contributed by atoms with Gasteiger partial charge < -0.3 is 9.42 Å². The molecule has 1 saturated heterocycles. The summed E-state index contributed by atoms with van der Waals surface area (Å²) in [5, 5.41) is 4.37. The molecule has 0 radical (unpaired) electrons. The summed E-state index contributed by atoms with van der Waals surface area (Å²) < 4.78 is 43.3. The van der Waals surface area contributed by atoms with Crippen LogP contribution in [-0.4, -0.2) is 22.6 Å². The number of hydrogen-bond donors (Lipinski definition) is 0. The quantitative estimate of drug-likeness (QED) is 0.617. The Morgan fingerprint density at radius 3 is 2.57 bits per heavy atom. The van der Waals surface area contributed by atoms with Gasteiger partial charge >= 0.3 is 6.18 Å². The minimum atomic E-state index is -4.41. The largest absolute Gasteiger partial charge is 0.416 e. The SMILES string of the molecule is O=C1CC(c2nc(-c3ccc(C(F)(F)F)cc3)no2)CN1c1cccc(Cl)c1. The molecule has 2 aromatic carbocycles. The van der Waals surface area contributed by atoms with Gasteiger partial charge in [0.15, 0.2) is 0 Å². The molecule has 9 heteroatoms. The number of carbonyl (C=O) groups excluding carboxylic acids is 1. The van der Waals surface area contributed by atoms with Crippen LogP contribution >= 0.6 is 11.6 Å². The number of aromatic nitrogens is 2. The number of benzene rings is 2. The molecule has 28 heavy (non-hydrogen) atoms. The molecule has 0 aliphatic carbocycles. The van der Waals surface area contributed by atoms with Crippen molar-refractivity contribution in [3.8, 4) is 11.4 Å². The lowest BCUT2D eigenvalue weighted by Gasteiger charge is -2.16. The summed E-state index contributed by atoms with van der Waals surface area (Å²) in [6.07, 6.45) is -4.21. The zero-order valence-corrected chi connectivity index (χ0v) is 15.0. The van der Waals surface area contributed by atoms with Gasteiger partial charge in [0.1, 0.15) is 0 Å². The van der Waals surface area contributed by atoms with E-state index in [9.17, 15) is 18.0 Å². The molecule has 1 aliphatic heterocycles. The van der Waals surface area contributed by atoms with Crippen molar-refractivity contribution >= 4 is 23.2 Å². The molecule has 2 heterocycles. The molecule has 0 saturated carbocycles. The average Bonchev–Trinajstić information content (AvgIpc) is 3.28. The Labute approximate surface area is 162 Å². The van der Waals surface area contributed by atoms with E-state index >= 15 is 0 Å². The van der Waals surface area contributed by atoms with Crippen molar-refractivity contribution in [2.45, 2.75) is 18.5 Å². The van der Waals surface area contributed by atoms with Crippen molar-refractivity contribution in [2.24, 2.45) is 0 Å². The molecular weight excluding hydrogens is 395 g/mol. The van der Waals surface area contributed by atoms with E-state index < -0.39 is 11.7 Å². The van der Waals surface area contributed by atoms with Gasteiger partial charge in [-0.1, -0.05) is 35.0 Å². The second-order valence-electron chi connectivity index (χ2n) is 6.42. The highest BCUT2D eigenvalue weighted by Crippen LogP contribution is 2.34. The average molecular weight is 408 g/mol. The van der Waals surface area contributed by atoms with E-state index in [2.05, 4.69) is 10.1 Å². The minimum absolute atomic E-state index is 0.0958. The third-order valence-corrected chi connectivity index (χ3v) is 4.74. The summed E-state index contributed by atoms with van der Waals surface area (Å²) in [7, 11) is 0. The van der Waals surface area contributed by atoms with Crippen molar-refractivity contribution in [3.63, 3.8) is 0 Å². The summed E-state index contributed by atoms with van der Waals surface area (Å²) in [6, 6.07) is 11.5. The third kappa shape index (κ3) is 3.60. The Hall–Kier alpha value is -2.87. The van der Waals surface area contributed by atoms with Crippen molar-refractivity contribution in [3.05, 3.63) is 65.0 Å². The molecule has 1 fully saturated rings. The third-order valence-electron chi connectivity index (χ3n) is 4.51. The maximum absolute atomic E-state index is 12.7. The molecule has 1 aliphatic rings. The lowest BCUT2D eigenvalue weighted by atomic mass is 10.1. The highest BCUT2D eigenvalue weighted by molar-refractivity contribution is 6.30. The molecule has 0 bridgehead atoms. The van der Waals surface area contributed by atoms with Crippen LogP contribution < -0.4 is 4.90 Å². The molecule has 144 valence electrons. The number of alkyl halides is 3. The van der Waals surface area contributed by atoms with Gasteiger partial charge in [0.05, 0.1) is 11.5 Å². The van der Waals surface area contributed by atoms with Crippen LogP contribution in [0.4, 0.5) is 18.9 Å². The Kier molecular flexibility index (Phi) is 4.58. The highest BCUT2D eigenvalue weighted by Gasteiger charge is 2.35. The lowest BCUT2D eigenvalue weighted by molar-refractivity contribution is -0.137. The molecule has 0 spiro atoms.